The van der Waals surface area contributed by atoms with Gasteiger partial charge < -0.3 is 5.32 Å². The van der Waals surface area contributed by atoms with E-state index >= 15 is 0 Å². The van der Waals surface area contributed by atoms with E-state index in [1.807, 2.05) is 6.07 Å². The Kier molecular flexibility index (Phi) is 3.43. The van der Waals surface area contributed by atoms with Gasteiger partial charge in [-0.1, -0.05) is 6.07 Å². The van der Waals surface area contributed by atoms with Crippen molar-refractivity contribution in [2.24, 2.45) is 7.05 Å². The molecule has 1 N–H and O–H groups in total. The number of hydrogen-bond donors (Lipinski definition) is 2. The molecule has 0 bridgehead atoms. The Morgan fingerprint density at radius 2 is 2.35 bits per heavy atom. The summed E-state index contributed by atoms with van der Waals surface area (Å²) in [5.41, 5.74) is 0.577. The molecule has 5 nitrogen and oxygen atoms in total. The number of aromatic nitrogens is 3. The molecule has 0 radical (unpaired) electrons. The van der Waals surface area contributed by atoms with E-state index in [1.54, 1.807) is 36.3 Å². The number of nitrogens with one attached hydrogen (secondary N) is 1. The number of benzene rings is 1. The van der Waals surface area contributed by atoms with Crippen LogP contribution >= 0.6 is 12.6 Å². The van der Waals surface area contributed by atoms with Crippen LogP contribution in [0.4, 0.5) is 0 Å². The Morgan fingerprint density at radius 3 is 3.00 bits per heavy atom. The van der Waals surface area contributed by atoms with E-state index in [2.05, 4.69) is 28.0 Å². The summed E-state index contributed by atoms with van der Waals surface area (Å²) in [5, 5.41) is 6.81. The molecule has 1 heterocycles. The van der Waals surface area contributed by atoms with Crippen molar-refractivity contribution in [1.82, 2.24) is 20.1 Å². The van der Waals surface area contributed by atoms with Crippen molar-refractivity contribution in [1.29, 1.82) is 0 Å². The van der Waals surface area contributed by atoms with Crippen LogP contribution in [0, 0.1) is 0 Å². The highest BCUT2D eigenvalue weighted by molar-refractivity contribution is 7.80. The molecule has 2 rings (SSSR count). The highest BCUT2D eigenvalue weighted by Crippen LogP contribution is 2.08. The topological polar surface area (TPSA) is 59.8 Å². The van der Waals surface area contributed by atoms with Crippen LogP contribution < -0.4 is 5.32 Å². The maximum atomic E-state index is 11.8. The predicted molar refractivity (Wildman–Crippen MR) is 65.9 cm³/mol. The van der Waals surface area contributed by atoms with Crippen molar-refractivity contribution in [3.63, 3.8) is 0 Å². The fourth-order valence-electron chi connectivity index (χ4n) is 1.37. The maximum Gasteiger partial charge on any atom is 0.251 e. The van der Waals surface area contributed by atoms with E-state index in [-0.39, 0.29) is 5.91 Å². The largest absolute Gasteiger partial charge is 0.345 e. The molecule has 0 saturated heterocycles. The smallest absolute Gasteiger partial charge is 0.251 e. The molecular weight excluding hydrogens is 236 g/mol. The molecule has 88 valence electrons. The van der Waals surface area contributed by atoms with Crippen LogP contribution in [0.25, 0.3) is 0 Å². The van der Waals surface area contributed by atoms with Crippen molar-refractivity contribution in [2.75, 3.05) is 0 Å². The minimum Gasteiger partial charge on any atom is -0.345 e. The van der Waals surface area contributed by atoms with Gasteiger partial charge in [0, 0.05) is 17.5 Å². The average Bonchev–Trinajstić information content (AvgIpc) is 2.72. The first-order valence-corrected chi connectivity index (χ1v) is 5.51. The van der Waals surface area contributed by atoms with Gasteiger partial charge in [0.2, 0.25) is 0 Å². The molecule has 0 unspecified atom stereocenters. The first-order chi connectivity index (χ1) is 8.15. The molecule has 0 spiro atoms. The first-order valence-electron chi connectivity index (χ1n) is 5.07. The Balaban J connectivity index is 1.98. The molecule has 0 atom stereocenters. The summed E-state index contributed by atoms with van der Waals surface area (Å²) in [6.07, 6.45) is 1.59. The third kappa shape index (κ3) is 3.07. The lowest BCUT2D eigenvalue weighted by molar-refractivity contribution is 0.0949. The molecule has 0 aliphatic heterocycles. The summed E-state index contributed by atoms with van der Waals surface area (Å²) < 4.78 is 1.59. The lowest BCUT2D eigenvalue weighted by atomic mass is 10.2. The first kappa shape index (κ1) is 11.7. The van der Waals surface area contributed by atoms with Gasteiger partial charge in [0.05, 0.1) is 6.54 Å². The molecule has 0 fully saturated rings. The molecule has 6 heteroatoms. The number of aryl methyl sites for hydroxylation is 1. The van der Waals surface area contributed by atoms with Crippen LogP contribution in [0.3, 0.4) is 0 Å². The summed E-state index contributed by atoms with van der Waals surface area (Å²) >= 11 is 4.18. The van der Waals surface area contributed by atoms with Gasteiger partial charge in [0.25, 0.3) is 5.91 Å². The minimum absolute atomic E-state index is 0.159. The molecule has 1 amide bonds. The summed E-state index contributed by atoms with van der Waals surface area (Å²) in [4.78, 5) is 16.5. The fourth-order valence-corrected chi connectivity index (χ4v) is 1.60. The SMILES string of the molecule is Cn1cnc(CNC(=O)c2cccc(S)c2)n1. The number of nitrogens with zero attached hydrogens (tertiary/aromatic N) is 3. The zero-order valence-corrected chi connectivity index (χ0v) is 10.2. The van der Waals surface area contributed by atoms with Crippen LogP contribution in [0.15, 0.2) is 35.5 Å². The quantitative estimate of drug-likeness (QED) is 0.798. The highest BCUT2D eigenvalue weighted by atomic mass is 32.1. The fraction of sp³-hybridized carbons (Fsp3) is 0.182. The van der Waals surface area contributed by atoms with Gasteiger partial charge in [-0.3, -0.25) is 9.48 Å². The van der Waals surface area contributed by atoms with E-state index in [1.165, 1.54) is 0 Å². The van der Waals surface area contributed by atoms with Gasteiger partial charge in [-0.25, -0.2) is 4.98 Å². The molecule has 17 heavy (non-hydrogen) atoms. The van der Waals surface area contributed by atoms with E-state index in [0.717, 1.165) is 4.90 Å². The molecule has 2 aromatic rings. The monoisotopic (exact) mass is 248 g/mol. The van der Waals surface area contributed by atoms with Crippen molar-refractivity contribution in [3.8, 4) is 0 Å². The molecule has 0 saturated carbocycles. The second-order valence-electron chi connectivity index (χ2n) is 3.57. The van der Waals surface area contributed by atoms with Crippen molar-refractivity contribution >= 4 is 18.5 Å². The number of thiol groups is 1. The van der Waals surface area contributed by atoms with E-state index in [9.17, 15) is 4.79 Å². The number of rotatable bonds is 3. The Bertz CT molecular complexity index is 538. The molecule has 1 aromatic heterocycles. The van der Waals surface area contributed by atoms with Crippen LogP contribution in [-0.2, 0) is 13.6 Å². The second-order valence-corrected chi connectivity index (χ2v) is 4.08. The molecule has 0 aliphatic carbocycles. The highest BCUT2D eigenvalue weighted by Gasteiger charge is 2.06. The van der Waals surface area contributed by atoms with Crippen LogP contribution in [-0.4, -0.2) is 20.7 Å². The maximum absolute atomic E-state index is 11.8. The van der Waals surface area contributed by atoms with Crippen molar-refractivity contribution in [3.05, 3.63) is 42.0 Å². The molecule has 1 aromatic carbocycles. The summed E-state index contributed by atoms with van der Waals surface area (Å²) in [6, 6.07) is 7.06. The summed E-state index contributed by atoms with van der Waals surface area (Å²) in [5.74, 6) is 0.427. The summed E-state index contributed by atoms with van der Waals surface area (Å²) in [7, 11) is 1.78. The van der Waals surface area contributed by atoms with Gasteiger partial charge in [0.15, 0.2) is 5.82 Å². The number of hydrogen-bond acceptors (Lipinski definition) is 4. The van der Waals surface area contributed by atoms with Crippen LogP contribution in [0.1, 0.15) is 16.2 Å². The van der Waals surface area contributed by atoms with Gasteiger partial charge in [0.1, 0.15) is 6.33 Å². The van der Waals surface area contributed by atoms with E-state index < -0.39 is 0 Å². The van der Waals surface area contributed by atoms with Crippen LogP contribution in [0.5, 0.6) is 0 Å². The molecule has 0 aliphatic rings. The number of amides is 1. The number of carbonyl (C=O) groups is 1. The van der Waals surface area contributed by atoms with Gasteiger partial charge in [-0.05, 0) is 18.2 Å². The Labute approximate surface area is 104 Å². The standard InChI is InChI=1S/C11H12N4OS/c1-15-7-13-10(14-15)6-12-11(16)8-3-2-4-9(17)5-8/h2-5,7,17H,6H2,1H3,(H,12,16). The summed E-state index contributed by atoms with van der Waals surface area (Å²) in [6.45, 7) is 0.316. The predicted octanol–water partition coefficient (Wildman–Crippen LogP) is 1.03. The van der Waals surface area contributed by atoms with Gasteiger partial charge in [-0.2, -0.15) is 5.10 Å². The lowest BCUT2D eigenvalue weighted by Gasteiger charge is -2.03. The van der Waals surface area contributed by atoms with E-state index in [4.69, 9.17) is 0 Å². The average molecular weight is 248 g/mol. The van der Waals surface area contributed by atoms with Crippen molar-refractivity contribution in [2.45, 2.75) is 11.4 Å². The third-order valence-electron chi connectivity index (χ3n) is 2.16. The second kappa shape index (κ2) is 5.01. The third-order valence-corrected chi connectivity index (χ3v) is 2.44. The normalized spacial score (nSPS) is 10.2. The zero-order valence-electron chi connectivity index (χ0n) is 9.29. The Morgan fingerprint density at radius 1 is 1.53 bits per heavy atom. The lowest BCUT2D eigenvalue weighted by Crippen LogP contribution is -2.23. The van der Waals surface area contributed by atoms with Crippen LogP contribution in [0.2, 0.25) is 0 Å². The van der Waals surface area contributed by atoms with E-state index in [0.29, 0.717) is 17.9 Å². The molecular formula is C11H12N4OS. The van der Waals surface area contributed by atoms with Crippen molar-refractivity contribution < 1.29 is 4.79 Å². The van der Waals surface area contributed by atoms with Gasteiger partial charge >= 0.3 is 0 Å². The van der Waals surface area contributed by atoms with Gasteiger partial charge in [-0.15, -0.1) is 12.6 Å². The Hall–Kier alpha value is -1.82. The zero-order chi connectivity index (χ0) is 12.3. The minimum atomic E-state index is -0.159. The number of carbonyl (C=O) groups excluding carboxylic acids is 1.